The molecule has 3 N–H and O–H groups in total. The lowest BCUT2D eigenvalue weighted by Crippen LogP contribution is -2.74. The van der Waals surface area contributed by atoms with E-state index < -0.39 is 0 Å². The molecule has 2 rings (SSSR count). The average molecular weight is 264 g/mol. The first kappa shape index (κ1) is 14.3. The van der Waals surface area contributed by atoms with Crippen LogP contribution in [0, 0.1) is 0 Å². The Kier molecular flexibility index (Phi) is 5.96. The Hall–Kier alpha value is -1.79. The van der Waals surface area contributed by atoms with Crippen molar-refractivity contribution in [2.24, 2.45) is 0 Å². The predicted molar refractivity (Wildman–Crippen MR) is 71.3 cm³/mol. The molecule has 0 bridgehead atoms. The van der Waals surface area contributed by atoms with Gasteiger partial charge in [0.15, 0.2) is 0 Å². The van der Waals surface area contributed by atoms with Crippen LogP contribution in [0.2, 0.25) is 0 Å². The molecule has 0 saturated carbocycles. The van der Waals surface area contributed by atoms with Crippen LogP contribution in [0.5, 0.6) is 0 Å². The number of benzene rings is 1. The van der Waals surface area contributed by atoms with Gasteiger partial charge in [0.1, 0.15) is 5.69 Å². The summed E-state index contributed by atoms with van der Waals surface area (Å²) in [5.74, 6) is 0. The van der Waals surface area contributed by atoms with Crippen LogP contribution in [0.3, 0.4) is 0 Å². The van der Waals surface area contributed by atoms with E-state index in [2.05, 4.69) is 15.2 Å². The van der Waals surface area contributed by atoms with Gasteiger partial charge in [0.05, 0.1) is 14.1 Å². The Morgan fingerprint density at radius 2 is 1.83 bits per heavy atom. The molecule has 0 amide bonds. The van der Waals surface area contributed by atoms with E-state index in [1.807, 2.05) is 49.7 Å². The minimum atomic E-state index is -0.265. The number of hydrogen-bond donors (Lipinski definition) is 2. The summed E-state index contributed by atoms with van der Waals surface area (Å²) in [5, 5.41) is 9.54. The molecule has 6 heteroatoms. The van der Waals surface area contributed by atoms with E-state index in [-0.39, 0.29) is 10.7 Å². The number of aromatic amines is 1. The van der Waals surface area contributed by atoms with E-state index in [0.29, 0.717) is 12.1 Å². The van der Waals surface area contributed by atoms with Gasteiger partial charge in [-0.15, -0.1) is 5.10 Å². The Balaban J connectivity index is 0.000000492. The molecule has 0 radical (unpaired) electrons. The SMILES string of the molecule is C[NH2+]C.O=c1[nH]c([S-])nnc1Cc1ccccc1. The van der Waals surface area contributed by atoms with Crippen molar-refractivity contribution >= 4 is 12.6 Å². The number of quaternary nitrogens is 1. The molecule has 0 saturated heterocycles. The van der Waals surface area contributed by atoms with Gasteiger partial charge in [-0.2, -0.15) is 5.10 Å². The lowest BCUT2D eigenvalue weighted by atomic mass is 10.1. The van der Waals surface area contributed by atoms with Crippen LogP contribution in [0.1, 0.15) is 11.3 Å². The van der Waals surface area contributed by atoms with Crippen LogP contribution >= 0.6 is 0 Å². The normalized spacial score (nSPS) is 9.44. The van der Waals surface area contributed by atoms with Gasteiger partial charge in [-0.1, -0.05) is 30.3 Å². The van der Waals surface area contributed by atoms with Crippen LogP contribution in [0.15, 0.2) is 40.3 Å². The maximum atomic E-state index is 11.4. The quantitative estimate of drug-likeness (QED) is 0.715. The Labute approximate surface area is 111 Å². The topological polar surface area (TPSA) is 75.2 Å². The second-order valence-corrected chi connectivity index (χ2v) is 4.03. The highest BCUT2D eigenvalue weighted by atomic mass is 32.1. The van der Waals surface area contributed by atoms with Crippen molar-refractivity contribution in [3.63, 3.8) is 0 Å². The average Bonchev–Trinajstić information content (AvgIpc) is 2.35. The molecular formula is C12H16N4OS. The third-order valence-electron chi connectivity index (χ3n) is 1.96. The summed E-state index contributed by atoms with van der Waals surface area (Å²) in [5.41, 5.74) is 1.14. The zero-order valence-corrected chi connectivity index (χ0v) is 11.2. The molecule has 1 aromatic carbocycles. The molecule has 1 heterocycles. The summed E-state index contributed by atoms with van der Waals surface area (Å²) in [4.78, 5) is 13.9. The van der Waals surface area contributed by atoms with Crippen molar-refractivity contribution in [2.75, 3.05) is 14.1 Å². The van der Waals surface area contributed by atoms with Crippen LogP contribution in [-0.2, 0) is 19.0 Å². The van der Waals surface area contributed by atoms with Crippen LogP contribution < -0.4 is 10.9 Å². The fourth-order valence-electron chi connectivity index (χ4n) is 1.25. The fourth-order valence-corrected chi connectivity index (χ4v) is 1.38. The van der Waals surface area contributed by atoms with Gasteiger partial charge < -0.3 is 22.9 Å². The summed E-state index contributed by atoms with van der Waals surface area (Å²) in [7, 11) is 4.00. The van der Waals surface area contributed by atoms with Crippen LogP contribution in [0.4, 0.5) is 0 Å². The second kappa shape index (κ2) is 7.52. The first-order chi connectivity index (χ1) is 8.67. The highest BCUT2D eigenvalue weighted by Gasteiger charge is 2.02. The number of rotatable bonds is 2. The fraction of sp³-hybridized carbons (Fsp3) is 0.250. The number of aromatic nitrogens is 3. The number of H-pyrrole nitrogens is 1. The lowest BCUT2D eigenvalue weighted by Gasteiger charge is -2.03. The summed E-state index contributed by atoms with van der Waals surface area (Å²) in [6.07, 6.45) is 0.471. The van der Waals surface area contributed by atoms with Gasteiger partial charge in [-0.05, 0) is 5.56 Å². The first-order valence-corrected chi connectivity index (χ1v) is 5.99. The minimum Gasteiger partial charge on any atom is -0.740 e. The second-order valence-electron chi connectivity index (χ2n) is 3.65. The van der Waals surface area contributed by atoms with Gasteiger partial charge in [-0.25, -0.2) is 0 Å². The molecule has 0 unspecified atom stereocenters. The van der Waals surface area contributed by atoms with Crippen molar-refractivity contribution in [1.82, 2.24) is 15.2 Å². The molecule has 0 fully saturated rings. The van der Waals surface area contributed by atoms with E-state index in [1.54, 1.807) is 0 Å². The molecule has 5 nitrogen and oxygen atoms in total. The molecule has 1 aromatic heterocycles. The molecule has 2 aromatic rings. The zero-order chi connectivity index (χ0) is 13.4. The number of nitrogens with zero attached hydrogens (tertiary/aromatic N) is 2. The standard InChI is InChI=1S/C10H9N3OS.C2H7N/c14-9-8(12-13-10(15)11-9)6-7-4-2-1-3-5-7;1-3-2/h1-5H,6H2,(H2,11,13,14,15);3H,1-2H3. The molecule has 96 valence electrons. The van der Waals surface area contributed by atoms with E-state index in [1.165, 1.54) is 0 Å². The third kappa shape index (κ3) is 4.60. The summed E-state index contributed by atoms with van der Waals surface area (Å²) in [6, 6.07) is 9.62. The zero-order valence-electron chi connectivity index (χ0n) is 10.4. The smallest absolute Gasteiger partial charge is 0.271 e. The summed E-state index contributed by atoms with van der Waals surface area (Å²) in [6.45, 7) is 0. The summed E-state index contributed by atoms with van der Waals surface area (Å²) >= 11 is 4.69. The third-order valence-corrected chi connectivity index (χ3v) is 2.14. The molecule has 18 heavy (non-hydrogen) atoms. The molecular weight excluding hydrogens is 248 g/mol. The first-order valence-electron chi connectivity index (χ1n) is 5.58. The van der Waals surface area contributed by atoms with Crippen molar-refractivity contribution in [3.05, 3.63) is 51.9 Å². The number of nitrogens with one attached hydrogen (secondary N) is 1. The van der Waals surface area contributed by atoms with Crippen molar-refractivity contribution in [2.45, 2.75) is 11.6 Å². The van der Waals surface area contributed by atoms with Gasteiger partial charge in [0, 0.05) is 11.6 Å². The minimum absolute atomic E-state index is 0.122. The van der Waals surface area contributed by atoms with Gasteiger partial charge in [0.2, 0.25) is 0 Å². The summed E-state index contributed by atoms with van der Waals surface area (Å²) < 4.78 is 0. The van der Waals surface area contributed by atoms with Gasteiger partial charge in [-0.3, -0.25) is 4.79 Å². The van der Waals surface area contributed by atoms with E-state index in [4.69, 9.17) is 12.6 Å². The Bertz CT molecular complexity index is 527. The monoisotopic (exact) mass is 264 g/mol. The lowest BCUT2D eigenvalue weighted by molar-refractivity contribution is -0.597. The van der Waals surface area contributed by atoms with Crippen molar-refractivity contribution in [1.29, 1.82) is 0 Å². The maximum absolute atomic E-state index is 11.4. The molecule has 0 atom stereocenters. The van der Waals surface area contributed by atoms with Gasteiger partial charge in [0.25, 0.3) is 5.56 Å². The van der Waals surface area contributed by atoms with Crippen LogP contribution in [0.25, 0.3) is 0 Å². The highest BCUT2D eigenvalue weighted by Crippen LogP contribution is 2.02. The van der Waals surface area contributed by atoms with E-state index in [9.17, 15) is 4.79 Å². The highest BCUT2D eigenvalue weighted by molar-refractivity contribution is 7.58. The van der Waals surface area contributed by atoms with E-state index >= 15 is 0 Å². The molecule has 0 aliphatic rings. The largest absolute Gasteiger partial charge is 0.740 e. The molecule has 0 aliphatic heterocycles. The maximum Gasteiger partial charge on any atom is 0.271 e. The molecule has 0 aliphatic carbocycles. The number of nitrogens with two attached hydrogens (primary N) is 1. The Morgan fingerprint density at radius 3 is 2.39 bits per heavy atom. The molecule has 0 spiro atoms. The Morgan fingerprint density at radius 1 is 1.22 bits per heavy atom. The van der Waals surface area contributed by atoms with Crippen LogP contribution in [-0.4, -0.2) is 29.3 Å². The van der Waals surface area contributed by atoms with E-state index in [0.717, 1.165) is 5.56 Å². The van der Waals surface area contributed by atoms with Gasteiger partial charge >= 0.3 is 0 Å². The van der Waals surface area contributed by atoms with Crippen molar-refractivity contribution in [3.8, 4) is 0 Å². The van der Waals surface area contributed by atoms with Crippen molar-refractivity contribution < 1.29 is 5.32 Å². The number of hydrogen-bond acceptors (Lipinski definition) is 4. The predicted octanol–water partition coefficient (Wildman–Crippen LogP) is -0.529.